The summed E-state index contributed by atoms with van der Waals surface area (Å²) in [4.78, 5) is 26.2. The van der Waals surface area contributed by atoms with Gasteiger partial charge in [0.15, 0.2) is 17.5 Å². The van der Waals surface area contributed by atoms with Gasteiger partial charge in [0.25, 0.3) is 0 Å². The molecule has 13 aromatic rings. The first-order valence-corrected chi connectivity index (χ1v) is 20.1. The highest BCUT2D eigenvalue weighted by Gasteiger charge is 2.22. The fourth-order valence-corrected chi connectivity index (χ4v) is 9.04. The Bertz CT molecular complexity index is 3820. The van der Waals surface area contributed by atoms with Crippen molar-refractivity contribution in [1.29, 1.82) is 0 Å². The molecule has 0 spiro atoms. The van der Waals surface area contributed by atoms with Gasteiger partial charge >= 0.3 is 0 Å². The zero-order chi connectivity index (χ0) is 39.3. The van der Waals surface area contributed by atoms with Crippen LogP contribution in [0.25, 0.3) is 122 Å². The Morgan fingerprint density at radius 2 is 0.833 bits per heavy atom. The fourth-order valence-electron chi connectivity index (χ4n) is 9.04. The lowest BCUT2D eigenvalue weighted by molar-refractivity contribution is 0.979. The molecular formula is C53H31N7. The molecule has 0 radical (unpaired) electrons. The Balaban J connectivity index is 1.10. The second kappa shape index (κ2) is 12.6. The molecule has 0 N–H and O–H groups in total. The fraction of sp³-hybridized carbons (Fsp3) is 0. The van der Waals surface area contributed by atoms with Crippen molar-refractivity contribution in [3.8, 4) is 40.1 Å². The van der Waals surface area contributed by atoms with Crippen LogP contribution < -0.4 is 0 Å². The van der Waals surface area contributed by atoms with Crippen LogP contribution in [-0.4, -0.2) is 33.9 Å². The van der Waals surface area contributed by atoms with Gasteiger partial charge in [-0.1, -0.05) is 127 Å². The van der Waals surface area contributed by atoms with Crippen LogP contribution in [0.4, 0.5) is 0 Å². The topological polar surface area (TPSA) is 73.8 Å². The maximum atomic E-state index is 5.42. The van der Waals surface area contributed by atoms with Crippen molar-refractivity contribution in [2.75, 3.05) is 0 Å². The highest BCUT2D eigenvalue weighted by Crippen LogP contribution is 2.40. The first-order chi connectivity index (χ1) is 29.7. The van der Waals surface area contributed by atoms with E-state index in [0.29, 0.717) is 17.5 Å². The number of fused-ring (bicyclic) bond motifs is 12. The summed E-state index contributed by atoms with van der Waals surface area (Å²) in [7, 11) is 0. The van der Waals surface area contributed by atoms with E-state index >= 15 is 0 Å². The zero-order valence-electron chi connectivity index (χ0n) is 32.0. The third-order valence-corrected chi connectivity index (χ3v) is 11.9. The smallest absolute Gasteiger partial charge is 0.221 e. The summed E-state index contributed by atoms with van der Waals surface area (Å²) < 4.78 is 4.50. The molecule has 7 nitrogen and oxygen atoms in total. The van der Waals surface area contributed by atoms with E-state index in [1.165, 1.54) is 10.8 Å². The summed E-state index contributed by atoms with van der Waals surface area (Å²) in [6.45, 7) is 0. The summed E-state index contributed by atoms with van der Waals surface area (Å²) in [6, 6.07) is 65.7. The molecule has 0 unspecified atom stereocenters. The van der Waals surface area contributed by atoms with E-state index in [2.05, 4.69) is 185 Å². The molecule has 13 rings (SSSR count). The highest BCUT2D eigenvalue weighted by atomic mass is 15.2. The quantitative estimate of drug-likeness (QED) is 0.178. The SMILES string of the molecule is c1ccc2cc(-c3nc(-c4ccc5ccccc5c4)nc(-c4ccc5c(c4)c4c6ccccc6ccc4n5-c4nc5ccccc5c5nc6ccccc6n45)n3)ccc2c1. The van der Waals surface area contributed by atoms with Crippen molar-refractivity contribution < 1.29 is 0 Å². The van der Waals surface area contributed by atoms with Gasteiger partial charge in [-0.05, 0) is 93.0 Å². The van der Waals surface area contributed by atoms with Crippen LogP contribution in [0.15, 0.2) is 188 Å². The van der Waals surface area contributed by atoms with Gasteiger partial charge < -0.3 is 0 Å². The molecule has 9 aromatic carbocycles. The van der Waals surface area contributed by atoms with Crippen LogP contribution >= 0.6 is 0 Å². The van der Waals surface area contributed by atoms with Crippen molar-refractivity contribution in [3.05, 3.63) is 188 Å². The molecule has 0 saturated heterocycles. The standard InChI is InChI=1S/C53H31N7/c1-3-14-35-29-37(23-21-32(35)11-1)49-56-50(38-24-22-33-12-2-4-15-36(33)30-38)58-51(57-49)39-26-27-45-42(31-39)48-40-16-6-5-13-34(40)25-28-47(48)59(45)53-55-43-18-8-7-17-41(43)52-54-44-19-9-10-20-46(44)60(52)53/h1-31H. The van der Waals surface area contributed by atoms with E-state index < -0.39 is 0 Å². The largest absolute Gasteiger partial charge is 0.279 e. The maximum absolute atomic E-state index is 5.42. The van der Waals surface area contributed by atoms with Crippen LogP contribution in [0.5, 0.6) is 0 Å². The molecular weight excluding hydrogens is 735 g/mol. The predicted molar refractivity (Wildman–Crippen MR) is 245 cm³/mol. The van der Waals surface area contributed by atoms with Gasteiger partial charge in [0.1, 0.15) is 5.65 Å². The number of benzene rings is 9. The number of hydrogen-bond donors (Lipinski definition) is 0. The molecule has 0 aliphatic carbocycles. The summed E-state index contributed by atoms with van der Waals surface area (Å²) >= 11 is 0. The van der Waals surface area contributed by atoms with E-state index in [9.17, 15) is 0 Å². The van der Waals surface area contributed by atoms with E-state index in [-0.39, 0.29) is 0 Å². The minimum Gasteiger partial charge on any atom is -0.279 e. The molecule has 0 bridgehead atoms. The normalized spacial score (nSPS) is 12.0. The summed E-state index contributed by atoms with van der Waals surface area (Å²) in [5.74, 6) is 2.62. The molecule has 60 heavy (non-hydrogen) atoms. The minimum atomic E-state index is 0.603. The average Bonchev–Trinajstić information content (AvgIpc) is 3.87. The highest BCUT2D eigenvalue weighted by molar-refractivity contribution is 6.22. The summed E-state index contributed by atoms with van der Waals surface area (Å²) in [5, 5.41) is 10.1. The minimum absolute atomic E-state index is 0.603. The molecule has 0 aliphatic heterocycles. The molecule has 0 fully saturated rings. The summed E-state index contributed by atoms with van der Waals surface area (Å²) in [5.41, 5.74) is 8.50. The lowest BCUT2D eigenvalue weighted by atomic mass is 10.0. The molecule has 4 aromatic heterocycles. The molecule has 0 saturated carbocycles. The number of aromatic nitrogens is 7. The number of hydrogen-bond acceptors (Lipinski definition) is 5. The van der Waals surface area contributed by atoms with Gasteiger partial charge in [0, 0.05) is 32.8 Å². The van der Waals surface area contributed by atoms with Gasteiger partial charge in [-0.25, -0.2) is 24.9 Å². The predicted octanol–water partition coefficient (Wildman–Crippen LogP) is 12.8. The third kappa shape index (κ3) is 4.93. The first kappa shape index (κ1) is 32.8. The maximum Gasteiger partial charge on any atom is 0.221 e. The molecule has 0 aliphatic rings. The average molecular weight is 766 g/mol. The van der Waals surface area contributed by atoms with Crippen LogP contribution in [0.2, 0.25) is 0 Å². The monoisotopic (exact) mass is 765 g/mol. The van der Waals surface area contributed by atoms with Crippen LogP contribution in [0.3, 0.4) is 0 Å². The van der Waals surface area contributed by atoms with Crippen LogP contribution in [0, 0.1) is 0 Å². The van der Waals surface area contributed by atoms with Crippen LogP contribution in [0.1, 0.15) is 0 Å². The Morgan fingerprint density at radius 3 is 1.53 bits per heavy atom. The Hall–Kier alpha value is -8.29. The first-order valence-electron chi connectivity index (χ1n) is 20.1. The Morgan fingerprint density at radius 1 is 0.317 bits per heavy atom. The van der Waals surface area contributed by atoms with Gasteiger partial charge in [0.05, 0.1) is 27.6 Å². The van der Waals surface area contributed by atoms with Crippen molar-refractivity contribution in [2.45, 2.75) is 0 Å². The van der Waals surface area contributed by atoms with Gasteiger partial charge in [0.2, 0.25) is 5.95 Å². The number of para-hydroxylation sites is 3. The number of imidazole rings is 1. The lowest BCUT2D eigenvalue weighted by Crippen LogP contribution is -2.06. The molecule has 0 atom stereocenters. The Kier molecular flexibility index (Phi) is 6.88. The van der Waals surface area contributed by atoms with Gasteiger partial charge in [-0.3, -0.25) is 8.97 Å². The number of rotatable bonds is 4. The van der Waals surface area contributed by atoms with E-state index in [1.807, 2.05) is 12.1 Å². The third-order valence-electron chi connectivity index (χ3n) is 11.9. The van der Waals surface area contributed by atoms with E-state index in [4.69, 9.17) is 24.9 Å². The van der Waals surface area contributed by atoms with E-state index in [0.717, 1.165) is 93.6 Å². The lowest BCUT2D eigenvalue weighted by Gasteiger charge is -2.13. The molecule has 4 heterocycles. The van der Waals surface area contributed by atoms with Crippen molar-refractivity contribution in [3.63, 3.8) is 0 Å². The second-order valence-corrected chi connectivity index (χ2v) is 15.4. The van der Waals surface area contributed by atoms with E-state index in [1.54, 1.807) is 0 Å². The molecule has 278 valence electrons. The van der Waals surface area contributed by atoms with Crippen molar-refractivity contribution in [1.82, 2.24) is 33.9 Å². The van der Waals surface area contributed by atoms with Crippen molar-refractivity contribution in [2.24, 2.45) is 0 Å². The number of nitrogens with zero attached hydrogens (tertiary/aromatic N) is 7. The van der Waals surface area contributed by atoms with Crippen LogP contribution in [-0.2, 0) is 0 Å². The summed E-state index contributed by atoms with van der Waals surface area (Å²) in [6.07, 6.45) is 0. The van der Waals surface area contributed by atoms with Crippen molar-refractivity contribution >= 4 is 81.7 Å². The zero-order valence-corrected chi connectivity index (χ0v) is 32.0. The second-order valence-electron chi connectivity index (χ2n) is 15.4. The molecule has 7 heteroatoms. The van der Waals surface area contributed by atoms with Gasteiger partial charge in [-0.15, -0.1) is 0 Å². The van der Waals surface area contributed by atoms with Gasteiger partial charge in [-0.2, -0.15) is 0 Å². The Labute approximate surface area is 342 Å². The molecule has 0 amide bonds.